The third-order valence-corrected chi connectivity index (χ3v) is 6.83. The zero-order chi connectivity index (χ0) is 18.5. The fraction of sp³-hybridized carbons (Fsp3) is 0.250. The first kappa shape index (κ1) is 16.8. The van der Waals surface area contributed by atoms with Gasteiger partial charge in [-0.2, -0.15) is 0 Å². The lowest BCUT2D eigenvalue weighted by Gasteiger charge is -2.24. The molecular formula is C20H20N2O3S. The molecule has 0 N–H and O–H groups in total. The normalized spacial score (nSPS) is 13.8. The van der Waals surface area contributed by atoms with E-state index in [0.29, 0.717) is 12.2 Å². The first-order chi connectivity index (χ1) is 12.4. The van der Waals surface area contributed by atoms with Crippen LogP contribution in [0.25, 0.3) is 10.9 Å². The van der Waals surface area contributed by atoms with Crippen LogP contribution in [-0.4, -0.2) is 20.0 Å². The number of hydrogen-bond donors (Lipinski definition) is 0. The molecule has 4 rings (SSSR count). The van der Waals surface area contributed by atoms with Gasteiger partial charge in [-0.25, -0.2) is 8.42 Å². The van der Waals surface area contributed by atoms with Gasteiger partial charge in [0.2, 0.25) is 0 Å². The molecule has 134 valence electrons. The van der Waals surface area contributed by atoms with E-state index in [1.165, 1.54) is 4.31 Å². The van der Waals surface area contributed by atoms with Crippen molar-refractivity contribution >= 4 is 26.6 Å². The van der Waals surface area contributed by atoms with Crippen LogP contribution in [-0.2, 0) is 23.0 Å². The molecule has 1 aromatic heterocycles. The summed E-state index contributed by atoms with van der Waals surface area (Å²) in [5, 5.41) is 0.835. The van der Waals surface area contributed by atoms with E-state index in [1.807, 2.05) is 25.1 Å². The Morgan fingerprint density at radius 3 is 2.54 bits per heavy atom. The lowest BCUT2D eigenvalue weighted by atomic mass is 9.99. The molecular weight excluding hydrogens is 348 g/mol. The number of aryl methyl sites for hydroxylation is 3. The number of benzene rings is 2. The molecule has 1 aliphatic heterocycles. The molecule has 0 radical (unpaired) electrons. The molecule has 26 heavy (non-hydrogen) atoms. The molecule has 6 heteroatoms. The van der Waals surface area contributed by atoms with Crippen molar-refractivity contribution in [3.63, 3.8) is 0 Å². The Kier molecular flexibility index (Phi) is 3.88. The zero-order valence-electron chi connectivity index (χ0n) is 14.8. The van der Waals surface area contributed by atoms with E-state index < -0.39 is 10.0 Å². The Morgan fingerprint density at radius 2 is 1.81 bits per heavy atom. The molecule has 0 fully saturated rings. The van der Waals surface area contributed by atoms with Gasteiger partial charge in [0.05, 0.1) is 16.1 Å². The standard InChI is InChI=1S/C20H20N2O3S/c1-14-11-19(23)22-10-6-7-15-12-17(13-18(14)20(15)22)26(24,25)21(2)16-8-4-3-5-9-16/h3-5,8-9,11-13H,6-7,10H2,1-2H3. The fourth-order valence-corrected chi connectivity index (χ4v) is 4.93. The van der Waals surface area contributed by atoms with E-state index in [0.717, 1.165) is 34.9 Å². The second-order valence-electron chi connectivity index (χ2n) is 6.71. The number of rotatable bonds is 3. The SMILES string of the molecule is Cc1cc(=O)n2c3c(cc(S(=O)(=O)N(C)c4ccccc4)cc13)CCC2. The number of para-hydroxylation sites is 1. The van der Waals surface area contributed by atoms with Crippen molar-refractivity contribution in [1.82, 2.24) is 4.57 Å². The molecule has 0 aliphatic carbocycles. The van der Waals surface area contributed by atoms with E-state index in [9.17, 15) is 13.2 Å². The number of sulfonamides is 1. The first-order valence-electron chi connectivity index (χ1n) is 8.60. The first-order valence-corrected chi connectivity index (χ1v) is 10.0. The molecule has 1 aliphatic rings. The lowest BCUT2D eigenvalue weighted by Crippen LogP contribution is -2.28. The summed E-state index contributed by atoms with van der Waals surface area (Å²) in [5.41, 5.74) is 3.21. The number of pyridine rings is 1. The van der Waals surface area contributed by atoms with Crippen LogP contribution < -0.4 is 9.86 Å². The molecule has 0 atom stereocenters. The van der Waals surface area contributed by atoms with Crippen molar-refractivity contribution in [2.75, 3.05) is 11.4 Å². The van der Waals surface area contributed by atoms with Gasteiger partial charge >= 0.3 is 0 Å². The summed E-state index contributed by atoms with van der Waals surface area (Å²) in [6, 6.07) is 14.0. The van der Waals surface area contributed by atoms with Gasteiger partial charge in [-0.3, -0.25) is 9.10 Å². The monoisotopic (exact) mass is 368 g/mol. The second-order valence-corrected chi connectivity index (χ2v) is 8.68. The number of nitrogens with zero attached hydrogens (tertiary/aromatic N) is 2. The minimum Gasteiger partial charge on any atom is -0.308 e. The summed E-state index contributed by atoms with van der Waals surface area (Å²) >= 11 is 0. The Labute approximate surface area is 152 Å². The topological polar surface area (TPSA) is 59.4 Å². The molecule has 5 nitrogen and oxygen atoms in total. The second kappa shape index (κ2) is 5.99. The van der Waals surface area contributed by atoms with Gasteiger partial charge in [-0.05, 0) is 55.2 Å². The summed E-state index contributed by atoms with van der Waals surface area (Å²) in [6.07, 6.45) is 1.61. The van der Waals surface area contributed by atoms with E-state index in [-0.39, 0.29) is 10.5 Å². The van der Waals surface area contributed by atoms with Crippen LogP contribution in [0.4, 0.5) is 5.69 Å². The minimum atomic E-state index is -3.69. The highest BCUT2D eigenvalue weighted by Crippen LogP contribution is 2.31. The molecule has 3 aromatic rings. The molecule has 0 saturated carbocycles. The predicted molar refractivity (Wildman–Crippen MR) is 103 cm³/mol. The van der Waals surface area contributed by atoms with Crippen molar-refractivity contribution < 1.29 is 8.42 Å². The van der Waals surface area contributed by atoms with E-state index in [2.05, 4.69) is 0 Å². The highest BCUT2D eigenvalue weighted by molar-refractivity contribution is 7.92. The van der Waals surface area contributed by atoms with Crippen LogP contribution in [0.1, 0.15) is 17.5 Å². The summed E-state index contributed by atoms with van der Waals surface area (Å²) < 4.78 is 29.4. The summed E-state index contributed by atoms with van der Waals surface area (Å²) in [4.78, 5) is 12.5. The van der Waals surface area contributed by atoms with Gasteiger partial charge in [-0.1, -0.05) is 18.2 Å². The average molecular weight is 368 g/mol. The van der Waals surface area contributed by atoms with E-state index in [4.69, 9.17) is 0 Å². The quantitative estimate of drug-likeness (QED) is 0.714. The largest absolute Gasteiger partial charge is 0.308 e. The Hall–Kier alpha value is -2.60. The van der Waals surface area contributed by atoms with Crippen LogP contribution in [0.3, 0.4) is 0 Å². The van der Waals surface area contributed by atoms with Gasteiger partial charge in [0.15, 0.2) is 0 Å². The Morgan fingerprint density at radius 1 is 1.08 bits per heavy atom. The number of aromatic nitrogens is 1. The summed E-state index contributed by atoms with van der Waals surface area (Å²) in [7, 11) is -2.12. The molecule has 0 unspecified atom stereocenters. The molecule has 0 saturated heterocycles. The number of anilines is 1. The molecule has 0 bridgehead atoms. The maximum absolute atomic E-state index is 13.2. The fourth-order valence-electron chi connectivity index (χ4n) is 3.66. The predicted octanol–water partition coefficient (Wildman–Crippen LogP) is 3.08. The number of hydrogen-bond acceptors (Lipinski definition) is 3. The van der Waals surface area contributed by atoms with Crippen LogP contribution in [0.5, 0.6) is 0 Å². The lowest BCUT2D eigenvalue weighted by molar-refractivity contribution is 0.592. The van der Waals surface area contributed by atoms with Gasteiger partial charge < -0.3 is 4.57 Å². The smallest absolute Gasteiger partial charge is 0.264 e. The van der Waals surface area contributed by atoms with Gasteiger partial charge in [0, 0.05) is 25.0 Å². The molecule has 0 amide bonds. The van der Waals surface area contributed by atoms with Crippen molar-refractivity contribution in [3.05, 3.63) is 70.0 Å². The van der Waals surface area contributed by atoms with E-state index >= 15 is 0 Å². The molecule has 2 aromatic carbocycles. The average Bonchev–Trinajstić information content (AvgIpc) is 2.65. The van der Waals surface area contributed by atoms with Gasteiger partial charge in [-0.15, -0.1) is 0 Å². The third kappa shape index (κ3) is 2.52. The van der Waals surface area contributed by atoms with Crippen molar-refractivity contribution in [2.45, 2.75) is 31.2 Å². The maximum Gasteiger partial charge on any atom is 0.264 e. The zero-order valence-corrected chi connectivity index (χ0v) is 15.6. The van der Waals surface area contributed by atoms with Crippen LogP contribution >= 0.6 is 0 Å². The van der Waals surface area contributed by atoms with Crippen molar-refractivity contribution in [2.24, 2.45) is 0 Å². The maximum atomic E-state index is 13.2. The Bertz CT molecular complexity index is 1170. The summed E-state index contributed by atoms with van der Waals surface area (Å²) in [5.74, 6) is 0. The van der Waals surface area contributed by atoms with Gasteiger partial charge in [0.25, 0.3) is 15.6 Å². The van der Waals surface area contributed by atoms with E-state index in [1.54, 1.807) is 41.9 Å². The van der Waals surface area contributed by atoms with Crippen LogP contribution in [0.2, 0.25) is 0 Å². The van der Waals surface area contributed by atoms with Crippen molar-refractivity contribution in [1.29, 1.82) is 0 Å². The Balaban J connectivity index is 1.95. The third-order valence-electron chi connectivity index (χ3n) is 5.07. The summed E-state index contributed by atoms with van der Waals surface area (Å²) in [6.45, 7) is 2.54. The minimum absolute atomic E-state index is 0.0204. The molecule has 2 heterocycles. The highest BCUT2D eigenvalue weighted by atomic mass is 32.2. The van der Waals surface area contributed by atoms with Gasteiger partial charge in [0.1, 0.15) is 0 Å². The van der Waals surface area contributed by atoms with Crippen molar-refractivity contribution in [3.8, 4) is 0 Å². The molecule has 0 spiro atoms. The highest BCUT2D eigenvalue weighted by Gasteiger charge is 2.25. The van der Waals surface area contributed by atoms with Crippen LogP contribution in [0.15, 0.2) is 58.2 Å². The van der Waals surface area contributed by atoms with Crippen LogP contribution in [0, 0.1) is 6.92 Å².